The average Bonchev–Trinajstić information content (AvgIpc) is 2.54. The minimum absolute atomic E-state index is 0.378. The van der Waals surface area contributed by atoms with Gasteiger partial charge in [-0.05, 0) is 36.5 Å². The van der Waals surface area contributed by atoms with Crippen LogP contribution in [-0.4, -0.2) is 24.5 Å². The van der Waals surface area contributed by atoms with Crippen LogP contribution >= 0.6 is 0 Å². The zero-order valence-electron chi connectivity index (χ0n) is 12.9. The second-order valence-corrected chi connectivity index (χ2v) is 5.95. The number of nitrogens with zero attached hydrogens (tertiary/aromatic N) is 1. The Balaban J connectivity index is 1.90. The quantitative estimate of drug-likeness (QED) is 0.556. The van der Waals surface area contributed by atoms with Gasteiger partial charge in [0.2, 0.25) is 0 Å². The Labute approximate surface area is 127 Å². The molecule has 1 unspecified atom stereocenters. The van der Waals surface area contributed by atoms with Gasteiger partial charge in [-0.3, -0.25) is 4.99 Å². The molecule has 1 aliphatic rings. The second-order valence-electron chi connectivity index (χ2n) is 5.95. The van der Waals surface area contributed by atoms with Crippen LogP contribution in [0.2, 0.25) is 0 Å². The van der Waals surface area contributed by atoms with E-state index in [2.05, 4.69) is 16.4 Å². The van der Waals surface area contributed by atoms with E-state index in [1.807, 2.05) is 18.2 Å². The van der Waals surface area contributed by atoms with Gasteiger partial charge in [-0.25, -0.2) is 0 Å². The van der Waals surface area contributed by atoms with Crippen molar-refractivity contribution in [2.24, 2.45) is 16.6 Å². The molecule has 116 valence electrons. The lowest BCUT2D eigenvalue weighted by atomic mass is 9.89. The lowest BCUT2D eigenvalue weighted by Crippen LogP contribution is -2.17. The van der Waals surface area contributed by atoms with Crippen molar-refractivity contribution in [3.05, 3.63) is 29.8 Å². The van der Waals surface area contributed by atoms with E-state index in [4.69, 9.17) is 5.73 Å². The number of amidine groups is 1. The van der Waals surface area contributed by atoms with Gasteiger partial charge in [0, 0.05) is 25.7 Å². The zero-order chi connectivity index (χ0) is 15.1. The number of nitrogens with one attached hydrogen (secondary N) is 1. The van der Waals surface area contributed by atoms with Crippen molar-refractivity contribution in [3.8, 4) is 0 Å². The Kier molecular flexibility index (Phi) is 6.05. The summed E-state index contributed by atoms with van der Waals surface area (Å²) in [7, 11) is 1.64. The first-order chi connectivity index (χ1) is 10.2. The van der Waals surface area contributed by atoms with Gasteiger partial charge in [0.1, 0.15) is 0 Å². The van der Waals surface area contributed by atoms with Gasteiger partial charge in [0.15, 0.2) is 0 Å². The molecule has 0 saturated heterocycles. The molecule has 2 rings (SSSR count). The molecule has 0 spiro atoms. The number of aliphatic hydroxyl groups excluding tert-OH is 1. The normalized spacial score (nSPS) is 18.5. The fourth-order valence-electron chi connectivity index (χ4n) is 2.92. The van der Waals surface area contributed by atoms with Gasteiger partial charge in [-0.15, -0.1) is 0 Å². The molecule has 1 aromatic carbocycles. The van der Waals surface area contributed by atoms with Gasteiger partial charge in [0.25, 0.3) is 0 Å². The van der Waals surface area contributed by atoms with E-state index in [0.717, 1.165) is 23.7 Å². The van der Waals surface area contributed by atoms with Gasteiger partial charge in [-0.2, -0.15) is 0 Å². The first-order valence-electron chi connectivity index (χ1n) is 7.92. The summed E-state index contributed by atoms with van der Waals surface area (Å²) in [6.45, 7) is 1.03. The van der Waals surface area contributed by atoms with Crippen LogP contribution in [0.1, 0.15) is 50.2 Å². The summed E-state index contributed by atoms with van der Waals surface area (Å²) >= 11 is 0. The van der Waals surface area contributed by atoms with Crippen molar-refractivity contribution >= 4 is 11.5 Å². The molecule has 4 N–H and O–H groups in total. The lowest BCUT2D eigenvalue weighted by molar-refractivity contribution is 0.186. The minimum Gasteiger partial charge on any atom is -0.388 e. The highest BCUT2D eigenvalue weighted by Gasteiger charge is 2.13. The molecule has 4 heteroatoms. The van der Waals surface area contributed by atoms with E-state index < -0.39 is 6.10 Å². The van der Waals surface area contributed by atoms with Crippen molar-refractivity contribution in [1.82, 2.24) is 0 Å². The van der Waals surface area contributed by atoms with Crippen LogP contribution in [-0.2, 0) is 0 Å². The first kappa shape index (κ1) is 15.8. The summed E-state index contributed by atoms with van der Waals surface area (Å²) in [5.74, 6) is 1.26. The van der Waals surface area contributed by atoms with E-state index in [9.17, 15) is 5.11 Å². The molecule has 0 aliphatic heterocycles. The molecule has 1 aliphatic carbocycles. The number of anilines is 1. The van der Waals surface area contributed by atoms with E-state index >= 15 is 0 Å². The summed E-state index contributed by atoms with van der Waals surface area (Å²) in [6, 6.07) is 7.97. The number of hydrogen-bond donors (Lipinski definition) is 3. The summed E-state index contributed by atoms with van der Waals surface area (Å²) in [5, 5.41) is 13.7. The standard InChI is InChI=1S/C17H27N3O/c1-19-17(18)11-16(21)14-8-5-9-15(10-14)20-12-13-6-3-2-4-7-13/h5,8-10,13,16,20-21H,2-4,6-7,11-12H2,1H3,(H2,18,19). The summed E-state index contributed by atoms with van der Waals surface area (Å²) in [4.78, 5) is 3.89. The summed E-state index contributed by atoms with van der Waals surface area (Å²) in [6.07, 6.45) is 6.56. The molecule has 1 fully saturated rings. The topological polar surface area (TPSA) is 70.6 Å². The van der Waals surface area contributed by atoms with E-state index in [-0.39, 0.29) is 0 Å². The Morgan fingerprint density at radius 3 is 2.86 bits per heavy atom. The van der Waals surface area contributed by atoms with E-state index in [1.165, 1.54) is 32.1 Å². The number of rotatable bonds is 6. The molecule has 0 bridgehead atoms. The maximum Gasteiger partial charge on any atom is 0.0963 e. The highest BCUT2D eigenvalue weighted by atomic mass is 16.3. The Hall–Kier alpha value is -1.55. The molecule has 1 saturated carbocycles. The maximum absolute atomic E-state index is 10.2. The fourth-order valence-corrected chi connectivity index (χ4v) is 2.92. The predicted molar refractivity (Wildman–Crippen MR) is 88.6 cm³/mol. The maximum atomic E-state index is 10.2. The second kappa shape index (κ2) is 8.03. The van der Waals surface area contributed by atoms with Crippen molar-refractivity contribution < 1.29 is 5.11 Å². The molecular weight excluding hydrogens is 262 g/mol. The number of hydrogen-bond acceptors (Lipinski definition) is 3. The average molecular weight is 289 g/mol. The van der Waals surface area contributed by atoms with Gasteiger partial charge in [0.05, 0.1) is 11.9 Å². The van der Waals surface area contributed by atoms with Gasteiger partial charge < -0.3 is 16.2 Å². The molecular formula is C17H27N3O. The Morgan fingerprint density at radius 2 is 2.14 bits per heavy atom. The molecule has 4 nitrogen and oxygen atoms in total. The van der Waals surface area contributed by atoms with Gasteiger partial charge in [-0.1, -0.05) is 31.4 Å². The Bertz CT molecular complexity index is 467. The largest absolute Gasteiger partial charge is 0.388 e. The molecule has 1 atom stereocenters. The van der Waals surface area contributed by atoms with Crippen molar-refractivity contribution in [3.63, 3.8) is 0 Å². The lowest BCUT2D eigenvalue weighted by Gasteiger charge is -2.22. The predicted octanol–water partition coefficient (Wildman–Crippen LogP) is 3.09. The van der Waals surface area contributed by atoms with Crippen LogP contribution in [0.3, 0.4) is 0 Å². The molecule has 0 radical (unpaired) electrons. The fraction of sp³-hybridized carbons (Fsp3) is 0.588. The number of aliphatic hydroxyl groups is 1. The first-order valence-corrected chi connectivity index (χ1v) is 7.92. The zero-order valence-corrected chi connectivity index (χ0v) is 12.9. The van der Waals surface area contributed by atoms with Crippen molar-refractivity contribution in [2.75, 3.05) is 18.9 Å². The van der Waals surface area contributed by atoms with Crippen LogP contribution in [0.25, 0.3) is 0 Å². The van der Waals surface area contributed by atoms with E-state index in [1.54, 1.807) is 7.05 Å². The third kappa shape index (κ3) is 5.05. The summed E-state index contributed by atoms with van der Waals surface area (Å²) in [5.41, 5.74) is 7.64. The van der Waals surface area contributed by atoms with Crippen LogP contribution in [0, 0.1) is 5.92 Å². The molecule has 21 heavy (non-hydrogen) atoms. The number of benzene rings is 1. The monoisotopic (exact) mass is 289 g/mol. The SMILES string of the molecule is C/N=C(\N)CC(O)c1cccc(NCC2CCCCC2)c1. The molecule has 1 aromatic rings. The van der Waals surface area contributed by atoms with Crippen molar-refractivity contribution in [2.45, 2.75) is 44.6 Å². The smallest absolute Gasteiger partial charge is 0.0963 e. The molecule has 0 amide bonds. The summed E-state index contributed by atoms with van der Waals surface area (Å²) < 4.78 is 0. The number of aliphatic imine (C=N–C) groups is 1. The highest BCUT2D eigenvalue weighted by molar-refractivity contribution is 5.80. The van der Waals surface area contributed by atoms with Crippen LogP contribution in [0.15, 0.2) is 29.3 Å². The minimum atomic E-state index is -0.592. The highest BCUT2D eigenvalue weighted by Crippen LogP contribution is 2.25. The third-order valence-electron chi connectivity index (χ3n) is 4.28. The van der Waals surface area contributed by atoms with E-state index in [0.29, 0.717) is 12.3 Å². The van der Waals surface area contributed by atoms with Crippen LogP contribution < -0.4 is 11.1 Å². The van der Waals surface area contributed by atoms with Crippen LogP contribution in [0.4, 0.5) is 5.69 Å². The molecule has 0 aromatic heterocycles. The Morgan fingerprint density at radius 1 is 1.38 bits per heavy atom. The van der Waals surface area contributed by atoms with Crippen molar-refractivity contribution in [1.29, 1.82) is 0 Å². The third-order valence-corrected chi connectivity index (χ3v) is 4.28. The number of nitrogens with two attached hydrogens (primary N) is 1. The van der Waals surface area contributed by atoms with Gasteiger partial charge >= 0.3 is 0 Å². The molecule has 0 heterocycles. The van der Waals surface area contributed by atoms with Crippen LogP contribution in [0.5, 0.6) is 0 Å².